The van der Waals surface area contributed by atoms with E-state index in [1.807, 2.05) is 0 Å². The molecule has 9 heteroatoms. The molecular formula is C15H18ClF3O3S2. The van der Waals surface area contributed by atoms with Crippen LogP contribution in [0.25, 0.3) is 0 Å². The molecule has 2 unspecified atom stereocenters. The van der Waals surface area contributed by atoms with Gasteiger partial charge >= 0.3 is 6.18 Å². The van der Waals surface area contributed by atoms with Crippen LogP contribution in [0.1, 0.15) is 13.3 Å². The Hall–Kier alpha value is -0.860. The maximum absolute atomic E-state index is 12.7. The molecule has 1 aromatic rings. The summed E-state index contributed by atoms with van der Waals surface area (Å²) < 4.78 is 53.9. The molecular weight excluding hydrogens is 385 g/mol. The number of ether oxygens (including phenoxy) is 3. The van der Waals surface area contributed by atoms with Gasteiger partial charge in [0.1, 0.15) is 23.5 Å². The van der Waals surface area contributed by atoms with Crippen molar-refractivity contribution in [3.05, 3.63) is 24.3 Å². The fourth-order valence-corrected chi connectivity index (χ4v) is 3.39. The average molecular weight is 403 g/mol. The number of thiocarbonyl (C=S) groups is 1. The van der Waals surface area contributed by atoms with Crippen molar-refractivity contribution in [3.8, 4) is 11.5 Å². The monoisotopic (exact) mass is 402 g/mol. The zero-order valence-corrected chi connectivity index (χ0v) is 15.5. The highest BCUT2D eigenvalue weighted by Gasteiger charge is 2.40. The second-order valence-electron chi connectivity index (χ2n) is 4.65. The highest BCUT2D eigenvalue weighted by molar-refractivity contribution is 8.23. The first-order chi connectivity index (χ1) is 11.3. The molecule has 1 rings (SSSR count). The molecule has 0 spiro atoms. The van der Waals surface area contributed by atoms with Gasteiger partial charge in [-0.1, -0.05) is 11.8 Å². The Kier molecular flexibility index (Phi) is 9.01. The molecule has 0 heterocycles. The topological polar surface area (TPSA) is 27.7 Å². The fraction of sp³-hybridized carbons (Fsp3) is 0.533. The van der Waals surface area contributed by atoms with Gasteiger partial charge in [0.25, 0.3) is 0 Å². The minimum absolute atomic E-state index is 0.0174. The van der Waals surface area contributed by atoms with Crippen molar-refractivity contribution >= 4 is 40.0 Å². The number of benzene rings is 1. The molecule has 136 valence electrons. The number of hydrogen-bond acceptors (Lipinski definition) is 5. The van der Waals surface area contributed by atoms with Crippen molar-refractivity contribution in [1.29, 1.82) is 0 Å². The van der Waals surface area contributed by atoms with Crippen LogP contribution in [0.4, 0.5) is 13.2 Å². The summed E-state index contributed by atoms with van der Waals surface area (Å²) in [7, 11) is 1.54. The van der Waals surface area contributed by atoms with Gasteiger partial charge in [-0.05, 0) is 49.8 Å². The second kappa shape index (κ2) is 10.2. The van der Waals surface area contributed by atoms with Gasteiger partial charge in [0, 0.05) is 5.25 Å². The fourth-order valence-electron chi connectivity index (χ4n) is 1.66. The quantitative estimate of drug-likeness (QED) is 0.447. The van der Waals surface area contributed by atoms with Crippen molar-refractivity contribution in [2.24, 2.45) is 0 Å². The highest BCUT2D eigenvalue weighted by Crippen LogP contribution is 2.32. The Morgan fingerprint density at radius 1 is 1.25 bits per heavy atom. The average Bonchev–Trinajstić information content (AvgIpc) is 2.52. The predicted molar refractivity (Wildman–Crippen MR) is 94.4 cm³/mol. The second-order valence-corrected chi connectivity index (χ2v) is 7.08. The summed E-state index contributed by atoms with van der Waals surface area (Å²) in [5.41, 5.74) is 0. The third kappa shape index (κ3) is 7.81. The SMILES string of the molecule is CCOC(=S)SC(COc1ccc(OC)cc1)CC(Cl)C(F)(F)F. The minimum Gasteiger partial charge on any atom is -0.497 e. The number of rotatable bonds is 8. The van der Waals surface area contributed by atoms with Crippen LogP contribution < -0.4 is 9.47 Å². The van der Waals surface area contributed by atoms with Gasteiger partial charge in [-0.15, -0.1) is 11.6 Å². The Balaban J connectivity index is 2.67. The maximum Gasteiger partial charge on any atom is 0.404 e. The van der Waals surface area contributed by atoms with Crippen LogP contribution in [0.3, 0.4) is 0 Å². The van der Waals surface area contributed by atoms with E-state index in [9.17, 15) is 13.2 Å². The molecule has 0 saturated heterocycles. The lowest BCUT2D eigenvalue weighted by Crippen LogP contribution is -2.30. The lowest BCUT2D eigenvalue weighted by atomic mass is 10.2. The highest BCUT2D eigenvalue weighted by atomic mass is 35.5. The van der Waals surface area contributed by atoms with Gasteiger partial charge in [-0.3, -0.25) is 0 Å². The van der Waals surface area contributed by atoms with Gasteiger partial charge in [-0.2, -0.15) is 13.2 Å². The first-order valence-corrected chi connectivity index (χ1v) is 8.79. The summed E-state index contributed by atoms with van der Waals surface area (Å²) >= 11 is 11.4. The standard InChI is InChI=1S/C15H18ClF3O3S2/c1-3-21-14(23)24-12(8-13(16)15(17,18)19)9-22-11-6-4-10(20-2)5-7-11/h4-7,12-13H,3,8-9H2,1-2H3. The van der Waals surface area contributed by atoms with Gasteiger partial charge < -0.3 is 14.2 Å². The van der Waals surface area contributed by atoms with Crippen molar-refractivity contribution in [2.45, 2.75) is 30.1 Å². The third-order valence-corrected chi connectivity index (χ3v) is 4.65. The summed E-state index contributed by atoms with van der Waals surface area (Å²) in [6.45, 7) is 2.11. The number of hydrogen-bond donors (Lipinski definition) is 0. The summed E-state index contributed by atoms with van der Waals surface area (Å²) in [6.07, 6.45) is -4.81. The normalized spacial score (nSPS) is 13.9. The van der Waals surface area contributed by atoms with Crippen molar-refractivity contribution < 1.29 is 27.4 Å². The number of methoxy groups -OCH3 is 1. The summed E-state index contributed by atoms with van der Waals surface area (Å²) in [6, 6.07) is 6.73. The van der Waals surface area contributed by atoms with Gasteiger partial charge in [-0.25, -0.2) is 0 Å². The summed E-state index contributed by atoms with van der Waals surface area (Å²) in [5, 5.41) is -2.56. The maximum atomic E-state index is 12.7. The molecule has 0 aliphatic carbocycles. The van der Waals surface area contributed by atoms with E-state index in [2.05, 4.69) is 0 Å². The van der Waals surface area contributed by atoms with E-state index in [-0.39, 0.29) is 17.4 Å². The molecule has 1 aromatic carbocycles. The molecule has 2 atom stereocenters. The molecule has 0 radical (unpaired) electrons. The van der Waals surface area contributed by atoms with E-state index in [1.165, 1.54) is 7.11 Å². The Morgan fingerprint density at radius 2 is 1.83 bits per heavy atom. The Labute approximate surface area is 153 Å². The Bertz CT molecular complexity index is 512. The van der Waals surface area contributed by atoms with E-state index < -0.39 is 16.8 Å². The molecule has 3 nitrogen and oxygen atoms in total. The first kappa shape index (κ1) is 21.2. The molecule has 0 aliphatic rings. The van der Waals surface area contributed by atoms with Gasteiger partial charge in [0.15, 0.2) is 0 Å². The molecule has 0 N–H and O–H groups in total. The number of halogens is 4. The zero-order valence-electron chi connectivity index (χ0n) is 13.1. The van der Waals surface area contributed by atoms with E-state index >= 15 is 0 Å². The molecule has 0 amide bonds. The van der Waals surface area contributed by atoms with E-state index in [0.29, 0.717) is 18.1 Å². The van der Waals surface area contributed by atoms with Gasteiger partial charge in [0.2, 0.25) is 4.38 Å². The molecule has 0 aliphatic heterocycles. The lowest BCUT2D eigenvalue weighted by Gasteiger charge is -2.21. The van der Waals surface area contributed by atoms with Crippen LogP contribution in [0.15, 0.2) is 24.3 Å². The van der Waals surface area contributed by atoms with Crippen LogP contribution in [0.5, 0.6) is 11.5 Å². The van der Waals surface area contributed by atoms with E-state index in [1.54, 1.807) is 31.2 Å². The van der Waals surface area contributed by atoms with Crippen molar-refractivity contribution in [2.75, 3.05) is 20.3 Å². The molecule has 0 bridgehead atoms. The first-order valence-electron chi connectivity index (χ1n) is 7.07. The Morgan fingerprint density at radius 3 is 2.33 bits per heavy atom. The number of alkyl halides is 4. The van der Waals surface area contributed by atoms with E-state index in [0.717, 1.165) is 11.8 Å². The molecule has 0 fully saturated rings. The molecule has 0 saturated carbocycles. The minimum atomic E-state index is -4.48. The van der Waals surface area contributed by atoms with Crippen molar-refractivity contribution in [1.82, 2.24) is 0 Å². The zero-order chi connectivity index (χ0) is 18.2. The van der Waals surface area contributed by atoms with Crippen LogP contribution in [-0.2, 0) is 4.74 Å². The molecule has 0 aromatic heterocycles. The molecule has 24 heavy (non-hydrogen) atoms. The van der Waals surface area contributed by atoms with E-state index in [4.69, 9.17) is 38.0 Å². The van der Waals surface area contributed by atoms with Crippen LogP contribution in [0.2, 0.25) is 0 Å². The van der Waals surface area contributed by atoms with Crippen LogP contribution >= 0.6 is 35.6 Å². The van der Waals surface area contributed by atoms with Crippen LogP contribution in [-0.4, -0.2) is 41.5 Å². The number of thioether (sulfide) groups is 1. The summed E-state index contributed by atoms with van der Waals surface area (Å²) in [4.78, 5) is 0. The smallest absolute Gasteiger partial charge is 0.404 e. The predicted octanol–water partition coefficient (Wildman–Crippen LogP) is 5.06. The van der Waals surface area contributed by atoms with Crippen molar-refractivity contribution in [3.63, 3.8) is 0 Å². The summed E-state index contributed by atoms with van der Waals surface area (Å²) in [5.74, 6) is 1.17. The largest absolute Gasteiger partial charge is 0.497 e. The van der Waals surface area contributed by atoms with Gasteiger partial charge in [0.05, 0.1) is 13.7 Å². The third-order valence-electron chi connectivity index (χ3n) is 2.85. The lowest BCUT2D eigenvalue weighted by molar-refractivity contribution is -0.131. The van der Waals surface area contributed by atoms with Crippen LogP contribution in [0, 0.1) is 0 Å².